The number of rotatable bonds is 5. The number of alkyl halides is 3. The summed E-state index contributed by atoms with van der Waals surface area (Å²) in [6.07, 6.45) is -1.61. The molecule has 5 rings (SSSR count). The standard InChI is InChI=1S/C32H34ClF3N4O2/c1-19-15-25(16-20(2)37-19)40-13-11-24(12-14-40)38(3)30(41)22-6-5-21-7-10-29(26(21)17-22)39(4)31(42)27-18-23(32(34,35)36)8-9-28(27)33/h5-6,8-9,15-18,24,29H,7,10-14H2,1-4H3. The van der Waals surface area contributed by atoms with Crippen LogP contribution in [0.4, 0.5) is 18.9 Å². The van der Waals surface area contributed by atoms with Gasteiger partial charge in [0.1, 0.15) is 0 Å². The number of hydrogen-bond acceptors (Lipinski definition) is 4. The Bertz CT molecular complexity index is 1500. The molecule has 3 aromatic rings. The summed E-state index contributed by atoms with van der Waals surface area (Å²) in [4.78, 5) is 37.0. The Labute approximate surface area is 249 Å². The minimum atomic E-state index is -4.59. The first kappa shape index (κ1) is 29.9. The lowest BCUT2D eigenvalue weighted by atomic mass is 9.99. The number of fused-ring (bicyclic) bond motifs is 1. The number of carbonyl (C=O) groups is 2. The fourth-order valence-electron chi connectivity index (χ4n) is 6.19. The SMILES string of the molecule is Cc1cc(N2CCC(N(C)C(=O)c3ccc4c(c3)C(N(C)C(=O)c3cc(C(F)(F)F)ccc3Cl)CC4)CC2)cc(C)n1. The molecule has 1 saturated heterocycles. The highest BCUT2D eigenvalue weighted by atomic mass is 35.5. The van der Waals surface area contributed by atoms with Crippen LogP contribution in [-0.4, -0.2) is 59.8 Å². The summed E-state index contributed by atoms with van der Waals surface area (Å²) in [6.45, 7) is 5.65. The molecule has 222 valence electrons. The molecule has 10 heteroatoms. The van der Waals surface area contributed by atoms with E-state index in [0.717, 1.165) is 72.3 Å². The van der Waals surface area contributed by atoms with E-state index >= 15 is 0 Å². The molecule has 0 N–H and O–H groups in total. The Morgan fingerprint density at radius 1 is 0.905 bits per heavy atom. The maximum absolute atomic E-state index is 13.6. The topological polar surface area (TPSA) is 56.8 Å². The first-order chi connectivity index (χ1) is 19.8. The van der Waals surface area contributed by atoms with Crippen molar-refractivity contribution < 1.29 is 22.8 Å². The number of hydrogen-bond donors (Lipinski definition) is 0. The van der Waals surface area contributed by atoms with Crippen molar-refractivity contribution in [3.63, 3.8) is 0 Å². The molecule has 2 heterocycles. The van der Waals surface area contributed by atoms with Crippen molar-refractivity contribution in [1.29, 1.82) is 0 Å². The summed E-state index contributed by atoms with van der Waals surface area (Å²) in [7, 11) is 3.40. The summed E-state index contributed by atoms with van der Waals surface area (Å²) in [5, 5.41) is -0.0381. The second kappa shape index (κ2) is 11.6. The number of carbonyl (C=O) groups excluding carboxylic acids is 2. The van der Waals surface area contributed by atoms with Crippen molar-refractivity contribution in [3.05, 3.63) is 92.8 Å². The average molecular weight is 599 g/mol. The van der Waals surface area contributed by atoms with Gasteiger partial charge in [0.25, 0.3) is 11.8 Å². The first-order valence-electron chi connectivity index (χ1n) is 14.1. The van der Waals surface area contributed by atoms with Crippen molar-refractivity contribution in [3.8, 4) is 0 Å². The van der Waals surface area contributed by atoms with E-state index in [9.17, 15) is 22.8 Å². The van der Waals surface area contributed by atoms with E-state index < -0.39 is 17.6 Å². The van der Waals surface area contributed by atoms with Crippen LogP contribution in [0.2, 0.25) is 5.02 Å². The molecule has 2 aromatic carbocycles. The van der Waals surface area contributed by atoms with Gasteiger partial charge in [0.15, 0.2) is 0 Å². The van der Waals surface area contributed by atoms with Gasteiger partial charge in [-0.1, -0.05) is 17.7 Å². The third-order valence-electron chi connectivity index (χ3n) is 8.51. The van der Waals surface area contributed by atoms with Crippen LogP contribution in [0.15, 0.2) is 48.5 Å². The number of nitrogens with zero attached hydrogens (tertiary/aromatic N) is 4. The van der Waals surface area contributed by atoms with Crippen molar-refractivity contribution in [2.75, 3.05) is 32.1 Å². The third kappa shape index (κ3) is 5.98. The number of aryl methyl sites for hydroxylation is 3. The molecule has 1 atom stereocenters. The van der Waals surface area contributed by atoms with Gasteiger partial charge in [-0.15, -0.1) is 0 Å². The van der Waals surface area contributed by atoms with Gasteiger partial charge in [-0.3, -0.25) is 14.6 Å². The smallest absolute Gasteiger partial charge is 0.371 e. The van der Waals surface area contributed by atoms with Gasteiger partial charge < -0.3 is 14.7 Å². The van der Waals surface area contributed by atoms with Gasteiger partial charge in [-0.05, 0) is 93.1 Å². The Kier molecular flexibility index (Phi) is 8.25. The van der Waals surface area contributed by atoms with E-state index in [4.69, 9.17) is 11.6 Å². The number of piperidine rings is 1. The molecule has 2 aliphatic rings. The van der Waals surface area contributed by atoms with E-state index in [0.29, 0.717) is 18.4 Å². The molecule has 0 saturated carbocycles. The predicted octanol–water partition coefficient (Wildman–Crippen LogP) is 6.87. The minimum Gasteiger partial charge on any atom is -0.371 e. The number of amides is 2. The molecule has 1 unspecified atom stereocenters. The van der Waals surface area contributed by atoms with Gasteiger partial charge in [0.05, 0.1) is 22.2 Å². The summed E-state index contributed by atoms with van der Waals surface area (Å²) in [6, 6.07) is 12.2. The Balaban J connectivity index is 1.29. The predicted molar refractivity (Wildman–Crippen MR) is 157 cm³/mol. The molecule has 1 aromatic heterocycles. The zero-order valence-corrected chi connectivity index (χ0v) is 24.9. The fraction of sp³-hybridized carbons (Fsp3) is 0.406. The second-order valence-electron chi connectivity index (χ2n) is 11.3. The summed E-state index contributed by atoms with van der Waals surface area (Å²) in [5.74, 6) is -0.684. The van der Waals surface area contributed by atoms with Crippen LogP contribution in [0.25, 0.3) is 0 Å². The normalized spacial score (nSPS) is 17.2. The highest BCUT2D eigenvalue weighted by Crippen LogP contribution is 2.38. The third-order valence-corrected chi connectivity index (χ3v) is 8.84. The van der Waals surface area contributed by atoms with Crippen LogP contribution in [-0.2, 0) is 12.6 Å². The van der Waals surface area contributed by atoms with E-state index in [1.807, 2.05) is 44.0 Å². The molecule has 1 fully saturated rings. The van der Waals surface area contributed by atoms with Gasteiger partial charge in [0.2, 0.25) is 0 Å². The summed E-state index contributed by atoms with van der Waals surface area (Å²) < 4.78 is 39.9. The van der Waals surface area contributed by atoms with Crippen molar-refractivity contribution >= 4 is 29.1 Å². The van der Waals surface area contributed by atoms with E-state index in [2.05, 4.69) is 22.0 Å². The molecule has 42 heavy (non-hydrogen) atoms. The minimum absolute atomic E-state index is 0.0381. The van der Waals surface area contributed by atoms with Gasteiger partial charge in [-0.2, -0.15) is 13.2 Å². The molecule has 0 bridgehead atoms. The van der Waals surface area contributed by atoms with Crippen molar-refractivity contribution in [2.24, 2.45) is 0 Å². The van der Waals surface area contributed by atoms with E-state index in [1.54, 1.807) is 7.05 Å². The highest BCUT2D eigenvalue weighted by Gasteiger charge is 2.35. The fourth-order valence-corrected chi connectivity index (χ4v) is 6.39. The molecule has 6 nitrogen and oxygen atoms in total. The van der Waals surface area contributed by atoms with Gasteiger partial charge >= 0.3 is 6.18 Å². The quantitative estimate of drug-likeness (QED) is 0.322. The molecular formula is C32H34ClF3N4O2. The van der Waals surface area contributed by atoms with Crippen LogP contribution in [0.1, 0.15) is 74.1 Å². The van der Waals surface area contributed by atoms with Crippen LogP contribution < -0.4 is 4.90 Å². The number of anilines is 1. The molecule has 0 spiro atoms. The van der Waals surface area contributed by atoms with E-state index in [1.165, 1.54) is 4.90 Å². The Morgan fingerprint density at radius 3 is 2.21 bits per heavy atom. The molecule has 0 radical (unpaired) electrons. The van der Waals surface area contributed by atoms with E-state index in [-0.39, 0.29) is 28.6 Å². The second-order valence-corrected chi connectivity index (χ2v) is 11.7. The Morgan fingerprint density at radius 2 is 1.57 bits per heavy atom. The van der Waals surface area contributed by atoms with Gasteiger partial charge in [-0.25, -0.2) is 0 Å². The zero-order valence-electron chi connectivity index (χ0n) is 24.1. The largest absolute Gasteiger partial charge is 0.416 e. The monoisotopic (exact) mass is 598 g/mol. The number of benzene rings is 2. The lowest BCUT2D eigenvalue weighted by Crippen LogP contribution is -2.45. The van der Waals surface area contributed by atoms with Crippen LogP contribution in [0.5, 0.6) is 0 Å². The zero-order chi connectivity index (χ0) is 30.3. The highest BCUT2D eigenvalue weighted by molar-refractivity contribution is 6.33. The van der Waals surface area contributed by atoms with Gasteiger partial charge in [0, 0.05) is 55.9 Å². The Hall–Kier alpha value is -3.59. The summed E-state index contributed by atoms with van der Waals surface area (Å²) >= 11 is 6.15. The lowest BCUT2D eigenvalue weighted by Gasteiger charge is -2.38. The number of halogens is 4. The van der Waals surface area contributed by atoms with Crippen molar-refractivity contribution in [1.82, 2.24) is 14.8 Å². The average Bonchev–Trinajstić information content (AvgIpc) is 3.38. The maximum Gasteiger partial charge on any atom is 0.416 e. The molecule has 2 amide bonds. The molecular weight excluding hydrogens is 565 g/mol. The van der Waals surface area contributed by atoms with Crippen LogP contribution >= 0.6 is 11.6 Å². The number of pyridine rings is 1. The maximum atomic E-state index is 13.6. The van der Waals surface area contributed by atoms with Crippen LogP contribution in [0, 0.1) is 13.8 Å². The first-order valence-corrected chi connectivity index (χ1v) is 14.5. The van der Waals surface area contributed by atoms with Crippen LogP contribution in [0.3, 0.4) is 0 Å². The molecule has 1 aliphatic heterocycles. The summed E-state index contributed by atoms with van der Waals surface area (Å²) in [5.41, 5.74) is 4.39. The molecule has 1 aliphatic carbocycles. The van der Waals surface area contributed by atoms with Crippen molar-refractivity contribution in [2.45, 2.75) is 57.8 Å². The lowest BCUT2D eigenvalue weighted by molar-refractivity contribution is -0.137. The number of aromatic nitrogens is 1.